The molecule has 0 aromatic heterocycles. The summed E-state index contributed by atoms with van der Waals surface area (Å²) in [6, 6.07) is 12.7. The van der Waals surface area contributed by atoms with Gasteiger partial charge in [-0.25, -0.2) is 12.8 Å². The number of rotatable bonds is 3. The Labute approximate surface area is 116 Å². The summed E-state index contributed by atoms with van der Waals surface area (Å²) in [6.07, 6.45) is 1.52. The van der Waals surface area contributed by atoms with Gasteiger partial charge in [0.05, 0.1) is 9.80 Å². The molecule has 0 radical (unpaired) electrons. The smallest absolute Gasteiger partial charge is 0.206 e. The zero-order chi connectivity index (χ0) is 14.2. The fourth-order valence-corrected chi connectivity index (χ4v) is 3.53. The van der Waals surface area contributed by atoms with Gasteiger partial charge in [-0.2, -0.15) is 0 Å². The minimum Gasteiger partial charge on any atom is -0.488 e. The summed E-state index contributed by atoms with van der Waals surface area (Å²) in [6.45, 7) is -0.0668. The van der Waals surface area contributed by atoms with Crippen LogP contribution in [0, 0.1) is 5.82 Å². The molecule has 1 aliphatic heterocycles. The number of hydrogen-bond acceptors (Lipinski definition) is 3. The number of halogens is 1. The highest BCUT2D eigenvalue weighted by atomic mass is 32.2. The Hall–Kier alpha value is -2.14. The van der Waals surface area contributed by atoms with Gasteiger partial charge < -0.3 is 4.74 Å². The Bertz CT molecular complexity index is 780. The molecule has 3 rings (SSSR count). The van der Waals surface area contributed by atoms with E-state index in [1.807, 2.05) is 6.07 Å². The monoisotopic (exact) mass is 290 g/mol. The van der Waals surface area contributed by atoms with E-state index in [9.17, 15) is 12.8 Å². The van der Waals surface area contributed by atoms with E-state index in [4.69, 9.17) is 4.74 Å². The van der Waals surface area contributed by atoms with E-state index in [1.165, 1.54) is 18.2 Å². The van der Waals surface area contributed by atoms with Crippen LogP contribution in [0.25, 0.3) is 6.08 Å². The van der Waals surface area contributed by atoms with E-state index >= 15 is 0 Å². The topological polar surface area (TPSA) is 43.4 Å². The molecule has 5 heteroatoms. The molecule has 0 amide bonds. The van der Waals surface area contributed by atoms with Crippen molar-refractivity contribution in [2.45, 2.75) is 4.90 Å². The highest BCUT2D eigenvalue weighted by Crippen LogP contribution is 2.33. The molecule has 2 aromatic rings. The first-order chi connectivity index (χ1) is 9.57. The van der Waals surface area contributed by atoms with Crippen LogP contribution in [0.1, 0.15) is 5.56 Å². The Morgan fingerprint density at radius 3 is 2.55 bits per heavy atom. The quantitative estimate of drug-likeness (QED) is 0.872. The van der Waals surface area contributed by atoms with Gasteiger partial charge in [0, 0.05) is 0 Å². The highest BCUT2D eigenvalue weighted by Gasteiger charge is 2.30. The first kappa shape index (κ1) is 12.9. The molecule has 0 saturated heterocycles. The van der Waals surface area contributed by atoms with E-state index in [-0.39, 0.29) is 16.4 Å². The molecule has 0 atom stereocenters. The number of benzene rings is 2. The molecule has 0 aliphatic carbocycles. The van der Waals surface area contributed by atoms with E-state index in [0.717, 1.165) is 6.07 Å². The molecule has 2 aromatic carbocycles. The number of fused-ring (bicyclic) bond motifs is 1. The summed E-state index contributed by atoms with van der Waals surface area (Å²) in [7, 11) is -3.64. The number of ether oxygens (including phenoxy) is 1. The second-order valence-corrected chi connectivity index (χ2v) is 6.37. The molecule has 0 bridgehead atoms. The summed E-state index contributed by atoms with van der Waals surface area (Å²) in [4.78, 5) is 0.145. The molecular formula is C15H11FO3S. The minimum absolute atomic E-state index is 0.00385. The first-order valence-corrected chi connectivity index (χ1v) is 7.49. The van der Waals surface area contributed by atoms with Crippen LogP contribution in [0.2, 0.25) is 0 Å². The Morgan fingerprint density at radius 1 is 1.05 bits per heavy atom. The van der Waals surface area contributed by atoms with Crippen molar-refractivity contribution in [3.05, 3.63) is 64.8 Å². The third kappa shape index (κ3) is 2.20. The average molecular weight is 290 g/mol. The van der Waals surface area contributed by atoms with E-state index in [0.29, 0.717) is 11.3 Å². The maximum absolute atomic E-state index is 13.2. The minimum atomic E-state index is -3.64. The third-order valence-electron chi connectivity index (χ3n) is 3.05. The van der Waals surface area contributed by atoms with Crippen LogP contribution in [0.4, 0.5) is 4.39 Å². The van der Waals surface area contributed by atoms with Crippen LogP contribution in [-0.2, 0) is 9.84 Å². The van der Waals surface area contributed by atoms with Gasteiger partial charge in [0.25, 0.3) is 0 Å². The molecule has 1 aliphatic rings. The molecule has 0 unspecified atom stereocenters. The molecule has 1 heterocycles. The molecular weight excluding hydrogens is 279 g/mol. The van der Waals surface area contributed by atoms with E-state index in [1.54, 1.807) is 24.3 Å². The molecule has 0 saturated carbocycles. The largest absolute Gasteiger partial charge is 0.488 e. The lowest BCUT2D eigenvalue weighted by Crippen LogP contribution is -2.09. The van der Waals surface area contributed by atoms with Crippen molar-refractivity contribution in [1.82, 2.24) is 0 Å². The molecule has 3 nitrogen and oxygen atoms in total. The van der Waals surface area contributed by atoms with Crippen molar-refractivity contribution in [2.24, 2.45) is 0 Å². The fraction of sp³-hybridized carbons (Fsp3) is 0.0667. The molecule has 0 spiro atoms. The van der Waals surface area contributed by atoms with Crippen LogP contribution in [0.15, 0.2) is 58.3 Å². The summed E-state index contributed by atoms with van der Waals surface area (Å²) in [5.74, 6) is 0.0247. The second-order valence-electron chi connectivity index (χ2n) is 4.40. The lowest BCUT2D eigenvalue weighted by Gasteiger charge is -2.07. The van der Waals surface area contributed by atoms with Gasteiger partial charge in [0.15, 0.2) is 0 Å². The Morgan fingerprint density at radius 2 is 1.80 bits per heavy atom. The highest BCUT2D eigenvalue weighted by molar-refractivity contribution is 7.95. The van der Waals surface area contributed by atoms with Crippen molar-refractivity contribution in [2.75, 3.05) is 6.61 Å². The first-order valence-electron chi connectivity index (χ1n) is 6.00. The van der Waals surface area contributed by atoms with Crippen LogP contribution in [0.5, 0.6) is 5.75 Å². The SMILES string of the molecule is O=S1(=O)C(COc2ccccc2)=Cc2ccc(F)cc21. The lowest BCUT2D eigenvalue weighted by molar-refractivity contribution is 0.359. The maximum atomic E-state index is 13.2. The second kappa shape index (κ2) is 4.76. The zero-order valence-corrected chi connectivity index (χ0v) is 11.2. The summed E-state index contributed by atoms with van der Waals surface area (Å²) in [5, 5.41) is 0. The fourth-order valence-electron chi connectivity index (χ4n) is 2.04. The van der Waals surface area contributed by atoms with Crippen molar-refractivity contribution in [3.63, 3.8) is 0 Å². The molecule has 0 fully saturated rings. The predicted molar refractivity (Wildman–Crippen MR) is 73.5 cm³/mol. The van der Waals surface area contributed by atoms with Crippen LogP contribution >= 0.6 is 0 Å². The van der Waals surface area contributed by atoms with Gasteiger partial charge in [0.2, 0.25) is 9.84 Å². The van der Waals surface area contributed by atoms with Crippen molar-refractivity contribution < 1.29 is 17.5 Å². The number of sulfone groups is 1. The van der Waals surface area contributed by atoms with Gasteiger partial charge in [-0.05, 0) is 35.9 Å². The molecule has 102 valence electrons. The van der Waals surface area contributed by atoms with Gasteiger partial charge in [0.1, 0.15) is 18.2 Å². The normalized spacial score (nSPS) is 15.6. The van der Waals surface area contributed by atoms with Crippen molar-refractivity contribution in [1.29, 1.82) is 0 Å². The Balaban J connectivity index is 1.86. The van der Waals surface area contributed by atoms with Crippen LogP contribution < -0.4 is 4.74 Å². The zero-order valence-electron chi connectivity index (χ0n) is 10.4. The van der Waals surface area contributed by atoms with Crippen molar-refractivity contribution >= 4 is 15.9 Å². The summed E-state index contributed by atoms with van der Waals surface area (Å²) < 4.78 is 43.1. The standard InChI is InChI=1S/C15H11FO3S/c16-12-7-6-11-8-14(20(17,18)15(11)9-12)10-19-13-4-2-1-3-5-13/h1-9H,10H2. The van der Waals surface area contributed by atoms with Gasteiger partial charge in [-0.3, -0.25) is 0 Å². The third-order valence-corrected chi connectivity index (χ3v) is 4.91. The van der Waals surface area contributed by atoms with E-state index < -0.39 is 15.7 Å². The summed E-state index contributed by atoms with van der Waals surface area (Å²) >= 11 is 0. The number of hydrogen-bond donors (Lipinski definition) is 0. The molecule has 0 N–H and O–H groups in total. The van der Waals surface area contributed by atoms with Crippen molar-refractivity contribution in [3.8, 4) is 5.75 Å². The average Bonchev–Trinajstić information content (AvgIpc) is 2.69. The Kier molecular flexibility index (Phi) is 3.06. The van der Waals surface area contributed by atoms with Gasteiger partial charge in [-0.1, -0.05) is 24.3 Å². The van der Waals surface area contributed by atoms with Crippen LogP contribution in [-0.4, -0.2) is 15.0 Å². The molecule has 20 heavy (non-hydrogen) atoms. The summed E-state index contributed by atoms with van der Waals surface area (Å²) in [5.41, 5.74) is 0.498. The van der Waals surface area contributed by atoms with Crippen LogP contribution in [0.3, 0.4) is 0 Å². The van der Waals surface area contributed by atoms with Gasteiger partial charge in [-0.15, -0.1) is 0 Å². The van der Waals surface area contributed by atoms with E-state index in [2.05, 4.69) is 0 Å². The number of para-hydroxylation sites is 1. The lowest BCUT2D eigenvalue weighted by atomic mass is 10.2. The maximum Gasteiger partial charge on any atom is 0.206 e. The van der Waals surface area contributed by atoms with Gasteiger partial charge >= 0.3 is 0 Å². The predicted octanol–water partition coefficient (Wildman–Crippen LogP) is 3.03.